The highest BCUT2D eigenvalue weighted by Gasteiger charge is 2.32. The van der Waals surface area contributed by atoms with E-state index in [2.05, 4.69) is 9.88 Å². The minimum absolute atomic E-state index is 0.0445. The largest absolute Gasteiger partial charge is 0.489 e. The molecule has 0 bridgehead atoms. The van der Waals surface area contributed by atoms with Crippen molar-refractivity contribution in [1.82, 2.24) is 9.88 Å². The zero-order valence-electron chi connectivity index (χ0n) is 20.2. The van der Waals surface area contributed by atoms with E-state index >= 15 is 0 Å². The van der Waals surface area contributed by atoms with E-state index in [-0.39, 0.29) is 5.78 Å². The van der Waals surface area contributed by atoms with Gasteiger partial charge >= 0.3 is 5.97 Å². The van der Waals surface area contributed by atoms with E-state index in [1.54, 1.807) is 13.1 Å². The Morgan fingerprint density at radius 3 is 2.36 bits per heavy atom. The molecule has 0 aliphatic carbocycles. The average molecular weight is 484 g/mol. The van der Waals surface area contributed by atoms with E-state index in [0.717, 1.165) is 27.7 Å². The van der Waals surface area contributed by atoms with Crippen LogP contribution in [0.4, 0.5) is 5.69 Å². The number of carboxylic acids is 1. The molecule has 1 aromatic heterocycles. The molecule has 1 aliphatic heterocycles. The number of nitrogens with zero attached hydrogens (tertiary/aromatic N) is 2. The number of rotatable bonds is 8. The number of hydrogen-bond acceptors (Lipinski definition) is 5. The quantitative estimate of drug-likeness (QED) is 0.347. The lowest BCUT2D eigenvalue weighted by molar-refractivity contribution is -0.143. The van der Waals surface area contributed by atoms with Crippen LogP contribution in [0.3, 0.4) is 0 Å². The van der Waals surface area contributed by atoms with Crippen molar-refractivity contribution in [2.75, 3.05) is 31.1 Å². The minimum atomic E-state index is -0.870. The van der Waals surface area contributed by atoms with Crippen LogP contribution in [0.2, 0.25) is 0 Å². The highest BCUT2D eigenvalue weighted by Crippen LogP contribution is 2.32. The number of hydrogen-bond donors (Lipinski definition) is 2. The maximum Gasteiger partial charge on any atom is 0.325 e. The van der Waals surface area contributed by atoms with Gasteiger partial charge in [0.05, 0.1) is 0 Å². The normalized spacial score (nSPS) is 15.1. The highest BCUT2D eigenvalue weighted by atomic mass is 16.5. The monoisotopic (exact) mass is 483 g/mol. The van der Waals surface area contributed by atoms with Crippen LogP contribution >= 0.6 is 0 Å². The van der Waals surface area contributed by atoms with E-state index in [1.807, 2.05) is 77.7 Å². The van der Waals surface area contributed by atoms with Crippen molar-refractivity contribution in [3.05, 3.63) is 95.7 Å². The van der Waals surface area contributed by atoms with Gasteiger partial charge in [0.25, 0.3) is 0 Å². The molecular weight excluding hydrogens is 454 g/mol. The first-order valence-electron chi connectivity index (χ1n) is 12.1. The molecular formula is C29H29N3O4. The Bertz CT molecular complexity index is 1360. The summed E-state index contributed by atoms with van der Waals surface area (Å²) in [4.78, 5) is 31.5. The fraction of sp³-hybridized carbons (Fsp3) is 0.241. The standard InChI is InChI=1S/C29H29N3O4/c1-20(33)22-7-9-23(10-8-22)31-13-15-32(16-14-31)28(29(34)35)26-18-30-27-12-11-24(17-25(26)27)36-19-21-5-3-2-4-6-21/h2-12,17-18,28,30H,13-16,19H2,1H3,(H,34,35). The third-order valence-electron chi connectivity index (χ3n) is 6.78. The summed E-state index contributed by atoms with van der Waals surface area (Å²) < 4.78 is 5.99. The fourth-order valence-corrected chi connectivity index (χ4v) is 4.81. The summed E-state index contributed by atoms with van der Waals surface area (Å²) in [7, 11) is 0. The summed E-state index contributed by atoms with van der Waals surface area (Å²) in [5, 5.41) is 11.1. The Labute approximate surface area is 209 Å². The van der Waals surface area contributed by atoms with Crippen molar-refractivity contribution in [3.63, 3.8) is 0 Å². The van der Waals surface area contributed by atoms with Gasteiger partial charge in [0.15, 0.2) is 5.78 Å². The molecule has 2 N–H and O–H groups in total. The van der Waals surface area contributed by atoms with Gasteiger partial charge in [0.1, 0.15) is 18.4 Å². The lowest BCUT2D eigenvalue weighted by Crippen LogP contribution is -2.49. The minimum Gasteiger partial charge on any atom is -0.489 e. The second-order valence-electron chi connectivity index (χ2n) is 9.09. The molecule has 0 radical (unpaired) electrons. The summed E-state index contributed by atoms with van der Waals surface area (Å²) in [5.74, 6) is -0.121. The predicted octanol–water partition coefficient (Wildman–Crippen LogP) is 4.90. The lowest BCUT2D eigenvalue weighted by atomic mass is 10.0. The van der Waals surface area contributed by atoms with Crippen molar-refractivity contribution in [2.45, 2.75) is 19.6 Å². The topological polar surface area (TPSA) is 85.9 Å². The first-order valence-corrected chi connectivity index (χ1v) is 12.1. The number of carboxylic acid groups (broad SMARTS) is 1. The number of ether oxygens (including phenoxy) is 1. The molecule has 3 aromatic carbocycles. The molecule has 7 heteroatoms. The number of piperazine rings is 1. The molecule has 2 heterocycles. The molecule has 1 atom stereocenters. The molecule has 4 aromatic rings. The van der Waals surface area contributed by atoms with E-state index in [4.69, 9.17) is 4.74 Å². The number of ketones is 1. The lowest BCUT2D eigenvalue weighted by Gasteiger charge is -2.38. The molecule has 0 spiro atoms. The van der Waals surface area contributed by atoms with E-state index in [1.165, 1.54) is 0 Å². The smallest absolute Gasteiger partial charge is 0.325 e. The summed E-state index contributed by atoms with van der Waals surface area (Å²) in [6.45, 7) is 4.64. The Morgan fingerprint density at radius 1 is 0.972 bits per heavy atom. The summed E-state index contributed by atoms with van der Waals surface area (Å²) in [5.41, 5.74) is 4.42. The number of H-pyrrole nitrogens is 1. The first kappa shape index (κ1) is 23.6. The third-order valence-corrected chi connectivity index (χ3v) is 6.78. The van der Waals surface area contributed by atoms with Crippen molar-refractivity contribution < 1.29 is 19.4 Å². The van der Waals surface area contributed by atoms with Crippen LogP contribution in [0.1, 0.15) is 34.5 Å². The van der Waals surface area contributed by atoms with Crippen LogP contribution in [0, 0.1) is 0 Å². The highest BCUT2D eigenvalue weighted by molar-refractivity contribution is 5.94. The van der Waals surface area contributed by atoms with Gasteiger partial charge < -0.3 is 19.7 Å². The van der Waals surface area contributed by atoms with Crippen LogP contribution in [0.5, 0.6) is 5.75 Å². The zero-order chi connectivity index (χ0) is 25.1. The fourth-order valence-electron chi connectivity index (χ4n) is 4.81. The summed E-state index contributed by atoms with van der Waals surface area (Å²) in [6, 6.07) is 22.5. The third kappa shape index (κ3) is 4.97. The first-order chi connectivity index (χ1) is 17.5. The van der Waals surface area contributed by atoms with Gasteiger partial charge in [-0.3, -0.25) is 14.5 Å². The van der Waals surface area contributed by atoms with Gasteiger partial charge in [-0.1, -0.05) is 30.3 Å². The maximum absolute atomic E-state index is 12.5. The molecule has 5 rings (SSSR count). The van der Waals surface area contributed by atoms with Crippen LogP contribution < -0.4 is 9.64 Å². The number of anilines is 1. The number of aliphatic carboxylic acids is 1. The average Bonchev–Trinajstić information content (AvgIpc) is 3.31. The second kappa shape index (κ2) is 10.3. The molecule has 1 fully saturated rings. The van der Waals surface area contributed by atoms with E-state index in [9.17, 15) is 14.7 Å². The molecule has 1 saturated heterocycles. The molecule has 7 nitrogen and oxygen atoms in total. The number of nitrogens with one attached hydrogen (secondary N) is 1. The van der Waals surface area contributed by atoms with Crippen molar-refractivity contribution in [2.24, 2.45) is 0 Å². The number of fused-ring (bicyclic) bond motifs is 1. The van der Waals surface area contributed by atoms with Gasteiger partial charge in [-0.15, -0.1) is 0 Å². The maximum atomic E-state index is 12.5. The number of aromatic amines is 1. The molecule has 0 amide bonds. The molecule has 0 saturated carbocycles. The van der Waals surface area contributed by atoms with Crippen LogP contribution in [0.15, 0.2) is 79.0 Å². The second-order valence-corrected chi connectivity index (χ2v) is 9.09. The Hall–Kier alpha value is -4.10. The van der Waals surface area contributed by atoms with Gasteiger partial charge in [-0.2, -0.15) is 0 Å². The number of Topliss-reactive ketones (excluding diaryl/α,β-unsaturated/α-hetero) is 1. The molecule has 184 valence electrons. The number of benzene rings is 3. The van der Waals surface area contributed by atoms with Crippen LogP contribution in [-0.2, 0) is 11.4 Å². The SMILES string of the molecule is CC(=O)c1ccc(N2CCN(C(C(=O)O)c3c[nH]c4ccc(OCc5ccccc5)cc34)CC2)cc1. The summed E-state index contributed by atoms with van der Waals surface area (Å²) >= 11 is 0. The van der Waals surface area contributed by atoms with E-state index < -0.39 is 12.0 Å². The van der Waals surface area contributed by atoms with Crippen LogP contribution in [-0.4, -0.2) is 52.9 Å². The predicted molar refractivity (Wildman–Crippen MR) is 140 cm³/mol. The molecule has 1 unspecified atom stereocenters. The number of carbonyl (C=O) groups excluding carboxylic acids is 1. The van der Waals surface area contributed by atoms with Crippen molar-refractivity contribution in [3.8, 4) is 5.75 Å². The molecule has 36 heavy (non-hydrogen) atoms. The Kier molecular flexibility index (Phi) is 6.73. The Morgan fingerprint density at radius 2 is 1.69 bits per heavy atom. The summed E-state index contributed by atoms with van der Waals surface area (Å²) in [6.07, 6.45) is 1.80. The van der Waals surface area contributed by atoms with Crippen LogP contribution in [0.25, 0.3) is 10.9 Å². The van der Waals surface area contributed by atoms with Gasteiger partial charge in [0, 0.05) is 60.1 Å². The Balaban J connectivity index is 1.32. The molecule has 1 aliphatic rings. The van der Waals surface area contributed by atoms with Gasteiger partial charge in [-0.25, -0.2) is 0 Å². The zero-order valence-corrected chi connectivity index (χ0v) is 20.2. The van der Waals surface area contributed by atoms with Crippen molar-refractivity contribution in [1.29, 1.82) is 0 Å². The van der Waals surface area contributed by atoms with E-state index in [0.29, 0.717) is 44.1 Å². The number of aromatic nitrogens is 1. The van der Waals surface area contributed by atoms with Gasteiger partial charge in [-0.05, 0) is 55.0 Å². The van der Waals surface area contributed by atoms with Gasteiger partial charge in [0.2, 0.25) is 0 Å². The number of carbonyl (C=O) groups is 2. The van der Waals surface area contributed by atoms with Crippen molar-refractivity contribution >= 4 is 28.3 Å².